The van der Waals surface area contributed by atoms with E-state index < -0.39 is 41.7 Å². The zero-order valence-electron chi connectivity index (χ0n) is 25.0. The number of carbonyl (C=O) groups is 3. The van der Waals surface area contributed by atoms with E-state index in [1.54, 1.807) is 0 Å². The number of aromatic nitrogens is 1. The van der Waals surface area contributed by atoms with Crippen LogP contribution in [-0.2, 0) is 32.7 Å². The molecule has 4 heterocycles. The fourth-order valence-electron chi connectivity index (χ4n) is 6.44. The van der Waals surface area contributed by atoms with Gasteiger partial charge in [-0.3, -0.25) is 4.79 Å². The van der Waals surface area contributed by atoms with Gasteiger partial charge in [0.15, 0.2) is 17.7 Å². The number of methoxy groups -OCH3 is 1. The lowest BCUT2D eigenvalue weighted by atomic mass is 9.72. The Balaban J connectivity index is 1.36. The van der Waals surface area contributed by atoms with Crippen molar-refractivity contribution in [3.8, 4) is 5.75 Å². The number of hydrogen-bond acceptors (Lipinski definition) is 9. The minimum Gasteiger partial charge on any atom is -0.469 e. The molecule has 3 aliphatic rings. The fourth-order valence-corrected chi connectivity index (χ4v) is 6.44. The predicted molar refractivity (Wildman–Crippen MR) is 162 cm³/mol. The van der Waals surface area contributed by atoms with E-state index in [0.717, 1.165) is 27.9 Å². The quantitative estimate of drug-likeness (QED) is 0.277. The molecule has 3 N–H and O–H groups in total. The molecule has 4 atom stereocenters. The molecule has 230 valence electrons. The molecular weight excluding hydrogens is 576 g/mol. The Hall–Kier alpha value is -5.32. The second-order valence-corrected chi connectivity index (χ2v) is 11.7. The summed E-state index contributed by atoms with van der Waals surface area (Å²) in [7, 11) is 1.29. The van der Waals surface area contributed by atoms with Crippen LogP contribution in [0.3, 0.4) is 0 Å². The van der Waals surface area contributed by atoms with Crippen LogP contribution in [0.25, 0.3) is 0 Å². The number of carbonyl (C=O) groups excluding carboxylic acids is 3. The largest absolute Gasteiger partial charge is 0.469 e. The molecular formula is C34H32N4O7. The van der Waals surface area contributed by atoms with Gasteiger partial charge in [0.1, 0.15) is 29.9 Å². The van der Waals surface area contributed by atoms with E-state index >= 15 is 0 Å². The number of esters is 1. The number of oxazole rings is 1. The molecule has 4 bridgehead atoms. The molecule has 0 saturated heterocycles. The topological polar surface area (TPSA) is 141 Å². The van der Waals surface area contributed by atoms with E-state index in [2.05, 4.69) is 20.9 Å². The molecule has 0 saturated carbocycles. The molecule has 0 radical (unpaired) electrons. The predicted octanol–water partition coefficient (Wildman–Crippen LogP) is 4.60. The standard InChI is InChI=1S/C34H32N4O7/c1-18(2)26-30-38-27(31(40)42-3)28(45-30)34-21-11-7-8-12-23(21)35-32(34)44-25-14-13-20(15-22(25)34)16-24(29(39)37-26)36-33(41)43-17-19-9-5-4-6-10-19/h4-15,18,24,26,32,35H,16-17H2,1-3H3,(H,36,41)(H,37,39)/t24-,26-,32?,34-/m0/s1. The smallest absolute Gasteiger partial charge is 0.408 e. The summed E-state index contributed by atoms with van der Waals surface area (Å²) in [6.45, 7) is 3.86. The summed E-state index contributed by atoms with van der Waals surface area (Å²) in [5, 5.41) is 9.22. The molecule has 3 aromatic carbocycles. The van der Waals surface area contributed by atoms with E-state index in [4.69, 9.17) is 18.6 Å². The fraction of sp³-hybridized carbons (Fsp3) is 0.294. The second-order valence-electron chi connectivity index (χ2n) is 11.7. The molecule has 1 unspecified atom stereocenters. The second kappa shape index (κ2) is 11.0. The van der Waals surface area contributed by atoms with Crippen LogP contribution in [-0.4, -0.2) is 42.3 Å². The van der Waals surface area contributed by atoms with E-state index in [9.17, 15) is 14.4 Å². The zero-order chi connectivity index (χ0) is 31.3. The molecule has 3 aliphatic heterocycles. The summed E-state index contributed by atoms with van der Waals surface area (Å²) >= 11 is 0. The third-order valence-corrected chi connectivity index (χ3v) is 8.62. The summed E-state index contributed by atoms with van der Waals surface area (Å²) in [6.07, 6.45) is -1.22. The Morgan fingerprint density at radius 1 is 1.04 bits per heavy atom. The van der Waals surface area contributed by atoms with Crippen molar-refractivity contribution in [1.82, 2.24) is 15.6 Å². The van der Waals surface area contributed by atoms with Gasteiger partial charge in [-0.15, -0.1) is 0 Å². The van der Waals surface area contributed by atoms with Crippen LogP contribution in [0, 0.1) is 5.92 Å². The van der Waals surface area contributed by atoms with Crippen LogP contribution in [0.15, 0.2) is 77.2 Å². The van der Waals surface area contributed by atoms with Crippen molar-refractivity contribution < 1.29 is 33.0 Å². The Morgan fingerprint density at radius 3 is 2.60 bits per heavy atom. The number of alkyl carbamates (subject to hydrolysis) is 1. The third-order valence-electron chi connectivity index (χ3n) is 8.62. The molecule has 2 amide bonds. The van der Waals surface area contributed by atoms with E-state index in [1.807, 2.05) is 86.6 Å². The number of nitrogens with zero attached hydrogens (tertiary/aromatic N) is 1. The first kappa shape index (κ1) is 28.5. The number of fused-ring (bicyclic) bond motifs is 4. The van der Waals surface area contributed by atoms with Gasteiger partial charge in [0, 0.05) is 17.7 Å². The number of rotatable bonds is 5. The van der Waals surface area contributed by atoms with Gasteiger partial charge in [0.2, 0.25) is 11.8 Å². The number of para-hydroxylation sites is 1. The first-order chi connectivity index (χ1) is 21.8. The van der Waals surface area contributed by atoms with E-state index in [1.165, 1.54) is 7.11 Å². The summed E-state index contributed by atoms with van der Waals surface area (Å²) in [5.41, 5.74) is 2.89. The number of anilines is 1. The van der Waals surface area contributed by atoms with Crippen molar-refractivity contribution in [2.75, 3.05) is 12.4 Å². The molecule has 45 heavy (non-hydrogen) atoms. The first-order valence-electron chi connectivity index (χ1n) is 14.8. The maximum atomic E-state index is 13.9. The Morgan fingerprint density at radius 2 is 1.82 bits per heavy atom. The van der Waals surface area contributed by atoms with Crippen LogP contribution in [0.1, 0.15) is 64.3 Å². The van der Waals surface area contributed by atoms with Crippen molar-refractivity contribution >= 4 is 23.7 Å². The van der Waals surface area contributed by atoms with Crippen LogP contribution >= 0.6 is 0 Å². The Bertz CT molecular complexity index is 1800. The van der Waals surface area contributed by atoms with Crippen molar-refractivity contribution in [3.63, 3.8) is 0 Å². The minimum atomic E-state index is -1.10. The highest BCUT2D eigenvalue weighted by molar-refractivity contribution is 5.91. The molecule has 11 nitrogen and oxygen atoms in total. The van der Waals surface area contributed by atoms with E-state index in [-0.39, 0.29) is 36.3 Å². The lowest BCUT2D eigenvalue weighted by Gasteiger charge is -2.28. The molecule has 7 rings (SSSR count). The summed E-state index contributed by atoms with van der Waals surface area (Å²) in [5.74, 6) is -0.332. The van der Waals surface area contributed by atoms with Gasteiger partial charge < -0.3 is 34.6 Å². The number of benzene rings is 3. The van der Waals surface area contributed by atoms with Crippen molar-refractivity contribution in [2.45, 2.75) is 50.6 Å². The molecule has 1 aromatic heterocycles. The number of nitrogens with one attached hydrogen (secondary N) is 3. The summed E-state index contributed by atoms with van der Waals surface area (Å²) < 4.78 is 23.7. The van der Waals surface area contributed by atoms with Gasteiger partial charge in [-0.05, 0) is 34.7 Å². The number of ether oxygens (including phenoxy) is 3. The highest BCUT2D eigenvalue weighted by atomic mass is 16.5. The maximum Gasteiger partial charge on any atom is 0.408 e. The monoisotopic (exact) mass is 608 g/mol. The van der Waals surface area contributed by atoms with Crippen molar-refractivity contribution in [2.24, 2.45) is 5.92 Å². The van der Waals surface area contributed by atoms with Gasteiger partial charge in [0.05, 0.1) is 7.11 Å². The summed E-state index contributed by atoms with van der Waals surface area (Å²) in [4.78, 5) is 44.8. The Labute approximate surface area is 259 Å². The van der Waals surface area contributed by atoms with Gasteiger partial charge in [-0.1, -0.05) is 74.5 Å². The molecule has 4 aromatic rings. The average molecular weight is 609 g/mol. The number of amides is 2. The highest BCUT2D eigenvalue weighted by Crippen LogP contribution is 2.58. The Kier molecular flexibility index (Phi) is 6.95. The third kappa shape index (κ3) is 4.66. The van der Waals surface area contributed by atoms with Gasteiger partial charge in [0.25, 0.3) is 0 Å². The molecule has 1 spiro atoms. The molecule has 0 aliphatic carbocycles. The lowest BCUT2D eigenvalue weighted by Crippen LogP contribution is -2.49. The minimum absolute atomic E-state index is 0.00355. The van der Waals surface area contributed by atoms with Crippen LogP contribution in [0.2, 0.25) is 0 Å². The lowest BCUT2D eigenvalue weighted by molar-refractivity contribution is -0.124. The number of hydrogen-bond donors (Lipinski definition) is 3. The van der Waals surface area contributed by atoms with Gasteiger partial charge in [-0.25, -0.2) is 14.6 Å². The molecule has 11 heteroatoms. The normalized spacial score (nSPS) is 22.5. The summed E-state index contributed by atoms with van der Waals surface area (Å²) in [6, 6.07) is 20.9. The maximum absolute atomic E-state index is 13.9. The first-order valence-corrected chi connectivity index (χ1v) is 14.8. The van der Waals surface area contributed by atoms with Crippen LogP contribution in [0.5, 0.6) is 5.75 Å². The van der Waals surface area contributed by atoms with Gasteiger partial charge >= 0.3 is 12.1 Å². The van der Waals surface area contributed by atoms with Crippen molar-refractivity contribution in [3.05, 3.63) is 112 Å². The molecule has 0 fully saturated rings. The van der Waals surface area contributed by atoms with E-state index in [0.29, 0.717) is 5.75 Å². The van der Waals surface area contributed by atoms with Crippen molar-refractivity contribution in [1.29, 1.82) is 0 Å². The average Bonchev–Trinajstić information content (AvgIpc) is 3.71. The van der Waals surface area contributed by atoms with Gasteiger partial charge in [-0.2, -0.15) is 0 Å². The SMILES string of the molecule is COC(=O)c1nc2oc1[C@@]13c4ccccc4NC1Oc1ccc(cc13)C[C@H](NC(=O)OCc1ccccc1)C(=O)N[C@H]2C(C)C. The van der Waals surface area contributed by atoms with Crippen LogP contribution < -0.4 is 20.7 Å². The zero-order valence-corrected chi connectivity index (χ0v) is 25.0. The van der Waals surface area contributed by atoms with Crippen LogP contribution in [0.4, 0.5) is 10.5 Å². The highest BCUT2D eigenvalue weighted by Gasteiger charge is 2.61.